The van der Waals surface area contributed by atoms with Crippen LogP contribution in [0.15, 0.2) is 75.8 Å². The molecule has 0 bridgehead atoms. The molecule has 3 rings (SSSR count). The molecule has 0 amide bonds. The van der Waals surface area contributed by atoms with Gasteiger partial charge in [-0.25, -0.2) is 0 Å². The Morgan fingerprint density at radius 1 is 0.931 bits per heavy atom. The lowest BCUT2D eigenvalue weighted by molar-refractivity contribution is 0.425. The minimum atomic E-state index is -4.22. The number of anilines is 1. The summed E-state index contributed by atoms with van der Waals surface area (Å²) in [6.07, 6.45) is 0. The van der Waals surface area contributed by atoms with Crippen LogP contribution in [0.3, 0.4) is 0 Å². The third kappa shape index (κ3) is 5.98. The molecule has 9 heteroatoms. The molecule has 0 saturated carbocycles. The van der Waals surface area contributed by atoms with E-state index in [0.717, 1.165) is 29.5 Å². The molecule has 154 valence electrons. The molecule has 0 aliphatic heterocycles. The molecule has 0 unspecified atom stereocenters. The van der Waals surface area contributed by atoms with Crippen LogP contribution < -0.4 is 5.32 Å². The minimum absolute atomic E-state index is 0. The van der Waals surface area contributed by atoms with Crippen LogP contribution in [0.25, 0.3) is 10.8 Å². The number of nitrogens with one attached hydrogen (secondary N) is 1. The fraction of sp³-hybridized carbons (Fsp3) is 0.200. The zero-order valence-electron chi connectivity index (χ0n) is 16.1. The van der Waals surface area contributed by atoms with Gasteiger partial charge in [0.25, 0.3) is 10.1 Å². The Morgan fingerprint density at radius 3 is 2.21 bits per heavy atom. The van der Waals surface area contributed by atoms with Gasteiger partial charge >= 0.3 is 0 Å². The molecule has 0 aromatic heterocycles. The maximum atomic E-state index is 11.1. The molecule has 0 aliphatic carbocycles. The lowest BCUT2D eigenvalue weighted by Gasteiger charge is -2.13. The first-order chi connectivity index (χ1) is 13.3. The summed E-state index contributed by atoms with van der Waals surface area (Å²) in [4.78, 5) is 1.94. The van der Waals surface area contributed by atoms with Crippen molar-refractivity contribution in [2.75, 3.05) is 32.5 Å². The highest BCUT2D eigenvalue weighted by atomic mass is 35.5. The molecule has 2 N–H and O–H groups in total. The number of halogens is 1. The van der Waals surface area contributed by atoms with Gasteiger partial charge in [0.1, 0.15) is 0 Å². The normalized spacial score (nSPS) is 11.7. The monoisotopic (exact) mass is 434 g/mol. The second kappa shape index (κ2) is 9.80. The van der Waals surface area contributed by atoms with Crippen molar-refractivity contribution in [2.45, 2.75) is 4.90 Å². The Kier molecular flexibility index (Phi) is 7.69. The number of likely N-dealkylation sites (N-methyl/N-ethyl adjacent to an activating group) is 1. The maximum Gasteiger partial charge on any atom is 0.294 e. The smallest absolute Gasteiger partial charge is 0.294 e. The molecule has 0 saturated heterocycles. The van der Waals surface area contributed by atoms with E-state index in [0.29, 0.717) is 11.4 Å². The second-order valence-electron chi connectivity index (χ2n) is 6.58. The number of rotatable bonds is 7. The van der Waals surface area contributed by atoms with E-state index in [1.165, 1.54) is 24.3 Å². The van der Waals surface area contributed by atoms with Crippen molar-refractivity contribution in [1.82, 2.24) is 4.90 Å². The van der Waals surface area contributed by atoms with Crippen LogP contribution in [0.1, 0.15) is 0 Å². The van der Waals surface area contributed by atoms with Gasteiger partial charge < -0.3 is 10.2 Å². The number of fused-ring (bicyclic) bond motifs is 1. The van der Waals surface area contributed by atoms with Gasteiger partial charge in [-0.1, -0.05) is 24.3 Å². The topological polar surface area (TPSA) is 94.4 Å². The highest BCUT2D eigenvalue weighted by Crippen LogP contribution is 2.32. The summed E-state index contributed by atoms with van der Waals surface area (Å²) in [6.45, 7) is 1.76. The van der Waals surface area contributed by atoms with E-state index < -0.39 is 10.1 Å². The van der Waals surface area contributed by atoms with Crippen molar-refractivity contribution in [3.8, 4) is 0 Å². The van der Waals surface area contributed by atoms with Gasteiger partial charge in [0.05, 0.1) is 16.3 Å². The van der Waals surface area contributed by atoms with Gasteiger partial charge in [0, 0.05) is 29.5 Å². The van der Waals surface area contributed by atoms with Gasteiger partial charge in [-0.2, -0.15) is 13.5 Å². The standard InChI is InChI=1S/C20H22N4O3S.ClH/c1-24(2)14-13-21-19-11-12-20(18-6-4-3-5-17(18)19)23-22-15-7-9-16(10-8-15)28(25,26)27;/h3-12,21H,13-14H2,1-2H3,(H,25,26,27);1H. The third-order valence-corrected chi connectivity index (χ3v) is 5.05. The summed E-state index contributed by atoms with van der Waals surface area (Å²) >= 11 is 0. The SMILES string of the molecule is CN(C)CCNc1ccc(N=Nc2ccc(S(=O)(=O)O)cc2)c2ccccc12.Cl. The first-order valence-electron chi connectivity index (χ1n) is 8.74. The number of hydrogen-bond acceptors (Lipinski definition) is 6. The Balaban J connectivity index is 0.00000300. The van der Waals surface area contributed by atoms with Crippen molar-refractivity contribution in [3.63, 3.8) is 0 Å². The van der Waals surface area contributed by atoms with E-state index in [1.807, 2.05) is 50.5 Å². The number of hydrogen-bond donors (Lipinski definition) is 2. The summed E-state index contributed by atoms with van der Waals surface area (Å²) < 4.78 is 31.2. The van der Waals surface area contributed by atoms with Crippen LogP contribution >= 0.6 is 12.4 Å². The third-order valence-electron chi connectivity index (χ3n) is 4.18. The zero-order chi connectivity index (χ0) is 20.1. The zero-order valence-corrected chi connectivity index (χ0v) is 17.7. The fourth-order valence-electron chi connectivity index (χ4n) is 2.74. The van der Waals surface area contributed by atoms with Crippen molar-refractivity contribution < 1.29 is 13.0 Å². The maximum absolute atomic E-state index is 11.1. The molecule has 0 radical (unpaired) electrons. The summed E-state index contributed by atoms with van der Waals surface area (Å²) in [5.41, 5.74) is 2.24. The first-order valence-corrected chi connectivity index (χ1v) is 10.2. The summed E-state index contributed by atoms with van der Waals surface area (Å²) in [7, 11) is -0.149. The highest BCUT2D eigenvalue weighted by Gasteiger charge is 2.09. The van der Waals surface area contributed by atoms with E-state index in [2.05, 4.69) is 20.4 Å². The van der Waals surface area contributed by atoms with Crippen LogP contribution in [0.5, 0.6) is 0 Å². The predicted octanol–water partition coefficient (Wildman–Crippen LogP) is 4.90. The molecule has 0 aliphatic rings. The molecule has 29 heavy (non-hydrogen) atoms. The van der Waals surface area contributed by atoms with E-state index >= 15 is 0 Å². The molecule has 0 heterocycles. The minimum Gasteiger partial charge on any atom is -0.383 e. The second-order valence-corrected chi connectivity index (χ2v) is 8.00. The van der Waals surface area contributed by atoms with Gasteiger partial charge in [-0.15, -0.1) is 17.5 Å². The molecule has 0 fully saturated rings. The Labute approximate surface area is 176 Å². The van der Waals surface area contributed by atoms with Gasteiger partial charge in [0.15, 0.2) is 0 Å². The molecular formula is C20H23ClN4O3S. The van der Waals surface area contributed by atoms with Crippen molar-refractivity contribution in [2.24, 2.45) is 10.2 Å². The van der Waals surface area contributed by atoms with E-state index in [4.69, 9.17) is 4.55 Å². The van der Waals surface area contributed by atoms with Gasteiger partial charge in [-0.05, 0) is 50.5 Å². The fourth-order valence-corrected chi connectivity index (χ4v) is 3.22. The number of benzene rings is 3. The highest BCUT2D eigenvalue weighted by molar-refractivity contribution is 7.85. The van der Waals surface area contributed by atoms with Crippen LogP contribution in [0, 0.1) is 0 Å². The summed E-state index contributed by atoms with van der Waals surface area (Å²) in [6, 6.07) is 17.4. The van der Waals surface area contributed by atoms with Crippen LogP contribution in [0.2, 0.25) is 0 Å². The summed E-state index contributed by atoms with van der Waals surface area (Å²) in [5.74, 6) is 0. The predicted molar refractivity (Wildman–Crippen MR) is 119 cm³/mol. The molecule has 3 aromatic rings. The van der Waals surface area contributed by atoms with Gasteiger partial charge in [-0.3, -0.25) is 4.55 Å². The molecule has 0 spiro atoms. The average Bonchev–Trinajstić information content (AvgIpc) is 2.66. The quantitative estimate of drug-likeness (QED) is 0.407. The molecule has 0 atom stereocenters. The van der Waals surface area contributed by atoms with Crippen molar-refractivity contribution in [3.05, 3.63) is 60.7 Å². The lowest BCUT2D eigenvalue weighted by atomic mass is 10.1. The Morgan fingerprint density at radius 2 is 1.59 bits per heavy atom. The first kappa shape index (κ1) is 22.8. The Hall–Kier alpha value is -2.52. The number of azo groups is 1. The molecule has 7 nitrogen and oxygen atoms in total. The summed E-state index contributed by atoms with van der Waals surface area (Å²) in [5, 5.41) is 14.0. The Bertz CT molecular complexity index is 1100. The van der Waals surface area contributed by atoms with Crippen LogP contribution in [-0.2, 0) is 10.1 Å². The van der Waals surface area contributed by atoms with E-state index in [9.17, 15) is 8.42 Å². The largest absolute Gasteiger partial charge is 0.383 e. The van der Waals surface area contributed by atoms with Crippen LogP contribution in [-0.4, -0.2) is 45.1 Å². The molecular weight excluding hydrogens is 412 g/mol. The van der Waals surface area contributed by atoms with Crippen LogP contribution in [0.4, 0.5) is 17.1 Å². The van der Waals surface area contributed by atoms with E-state index in [1.54, 1.807) is 0 Å². The van der Waals surface area contributed by atoms with Gasteiger partial charge in [0.2, 0.25) is 0 Å². The number of nitrogens with zero attached hydrogens (tertiary/aromatic N) is 3. The van der Waals surface area contributed by atoms with Crippen molar-refractivity contribution in [1.29, 1.82) is 0 Å². The lowest BCUT2D eigenvalue weighted by Crippen LogP contribution is -2.20. The van der Waals surface area contributed by atoms with E-state index in [-0.39, 0.29) is 17.3 Å². The molecule has 3 aromatic carbocycles. The average molecular weight is 435 g/mol. The van der Waals surface area contributed by atoms with Crippen molar-refractivity contribution >= 4 is 50.4 Å².